The van der Waals surface area contributed by atoms with Crippen molar-refractivity contribution in [2.24, 2.45) is 20.5 Å². The number of rotatable bonds is 19. The minimum atomic E-state index is -3.36. The molecule has 2 heterocycles. The van der Waals surface area contributed by atoms with E-state index in [1.165, 1.54) is 0 Å². The molecular weight excluding hydrogens is 800 g/mol. The average molecular weight is 844 g/mol. The van der Waals surface area contributed by atoms with Crippen molar-refractivity contribution in [3.63, 3.8) is 0 Å². The van der Waals surface area contributed by atoms with Gasteiger partial charge in [0, 0.05) is 48.3 Å². The van der Waals surface area contributed by atoms with Crippen molar-refractivity contribution in [3.05, 3.63) is 71.7 Å². The molecule has 2 aromatic carbocycles. The first-order chi connectivity index (χ1) is 23.6. The number of benzene rings is 2. The van der Waals surface area contributed by atoms with Gasteiger partial charge in [-0.05, 0) is 109 Å². The molecule has 0 spiro atoms. The molecule has 0 radical (unpaired) electrons. The third kappa shape index (κ3) is 16.0. The number of hydrogen-bond acceptors (Lipinski definition) is 10. The van der Waals surface area contributed by atoms with Gasteiger partial charge in [-0.2, -0.15) is 0 Å². The van der Waals surface area contributed by atoms with Crippen LogP contribution in [0.1, 0.15) is 27.7 Å². The van der Waals surface area contributed by atoms with Crippen molar-refractivity contribution in [1.82, 2.24) is 0 Å². The van der Waals surface area contributed by atoms with Gasteiger partial charge in [0.15, 0.2) is 0 Å². The molecule has 0 amide bonds. The van der Waals surface area contributed by atoms with Crippen LogP contribution in [0, 0.1) is 0 Å². The van der Waals surface area contributed by atoms with E-state index < -0.39 is 10.8 Å². The fraction of sp³-hybridized carbons (Fsp3) is 0.438. The van der Waals surface area contributed by atoms with E-state index in [1.807, 2.05) is 47.4 Å². The molecule has 2 aromatic heterocycles. The molecule has 0 saturated carbocycles. The Morgan fingerprint density at radius 1 is 0.592 bits per heavy atom. The molecule has 0 bridgehead atoms. The van der Waals surface area contributed by atoms with Crippen LogP contribution in [0.5, 0.6) is 0 Å². The monoisotopic (exact) mass is 840 g/mol. The Balaban J connectivity index is 0.00000121. The summed E-state index contributed by atoms with van der Waals surface area (Å²) in [7, 11) is 16.8. The van der Waals surface area contributed by atoms with Crippen molar-refractivity contribution in [1.29, 1.82) is 0 Å². The number of aryl methyl sites for hydroxylation is 2. The van der Waals surface area contributed by atoms with Crippen LogP contribution in [0.25, 0.3) is 0 Å². The first-order valence-corrected chi connectivity index (χ1v) is 33.7. The number of anilines is 2. The number of ether oxygens (including phenoxy) is 2. The quantitative estimate of drug-likeness (QED) is 0.0407. The third-order valence-electron chi connectivity index (χ3n) is 7.08. The van der Waals surface area contributed by atoms with Gasteiger partial charge in [-0.15, -0.1) is 0 Å². The Kier molecular flexibility index (Phi) is 19.5. The van der Waals surface area contributed by atoms with Gasteiger partial charge in [0.2, 0.25) is 0 Å². The maximum absolute atomic E-state index is 5.87. The topological polar surface area (TPSA) is 82.1 Å². The summed E-state index contributed by atoms with van der Waals surface area (Å²) in [5.41, 5.74) is 3.98. The molecular formula is C32H44Cl4N8O2S2Zn. The molecule has 49 heavy (non-hydrogen) atoms. The number of halogens is 4. The van der Waals surface area contributed by atoms with Gasteiger partial charge in [-0.1, -0.05) is 0 Å². The second kappa shape index (κ2) is 22.9. The molecule has 0 atom stereocenters. The summed E-state index contributed by atoms with van der Waals surface area (Å²) in [5, 5.41) is 23.4. The number of hydrogen-bond donors (Lipinski definition) is 0. The second-order valence-corrected chi connectivity index (χ2v) is 39.9. The molecule has 0 fully saturated rings. The summed E-state index contributed by atoms with van der Waals surface area (Å²) >= 11 is 3.18. The molecule has 266 valence electrons. The van der Waals surface area contributed by atoms with Gasteiger partial charge in [-0.3, -0.25) is 0 Å². The fourth-order valence-electron chi connectivity index (χ4n) is 4.51. The molecule has 4 rings (SSSR count). The SMILES string of the molecule is CCN(CCOCCOCCN(CC)c1ccc(N=Nc2scc[n+]2CC)cc1)c1ccc(N=Nc2scc[n+]2CC)cc1.[Cl][Zn-2]([Cl])([Cl])[Cl]. The zero-order chi connectivity index (χ0) is 35.5. The van der Waals surface area contributed by atoms with Crippen LogP contribution < -0.4 is 18.9 Å². The van der Waals surface area contributed by atoms with E-state index >= 15 is 0 Å². The van der Waals surface area contributed by atoms with Crippen molar-refractivity contribution in [2.45, 2.75) is 40.8 Å². The van der Waals surface area contributed by atoms with Crippen molar-refractivity contribution < 1.29 is 29.4 Å². The van der Waals surface area contributed by atoms with E-state index in [-0.39, 0.29) is 0 Å². The number of azo groups is 2. The standard InChI is InChI=1S/C32H44N8O2S2.4ClH.Zn/c1-5-37(29-13-9-27(10-14-29)33-35-31-39(7-3)19-25-43-31)17-21-41-23-24-42-22-18-38(6-2)30-15-11-28(12-16-30)34-36-32-40(8-4)20-26-44-32;;;;;/h9-16,19-20,25-26H,5-8,17-18,21-24H2,1-4H3;4*1H;/q+2;;;;;+2/p-4. The number of nitrogens with zero attached hydrogens (tertiary/aromatic N) is 8. The van der Waals surface area contributed by atoms with Crippen molar-refractivity contribution in [3.8, 4) is 0 Å². The predicted octanol–water partition coefficient (Wildman–Crippen LogP) is 10.4. The Hall–Kier alpha value is -1.80. The molecule has 0 saturated heterocycles. The number of thiazole rings is 2. The molecule has 4 aromatic rings. The van der Waals surface area contributed by atoms with E-state index in [4.69, 9.17) is 48.2 Å². The number of likely N-dealkylation sites (N-methyl/N-ethyl adjacent to an activating group) is 2. The van der Waals surface area contributed by atoms with Gasteiger partial charge in [0.05, 0.1) is 49.7 Å². The van der Waals surface area contributed by atoms with E-state index in [0.717, 1.165) is 72.3 Å². The van der Waals surface area contributed by atoms with E-state index in [9.17, 15) is 0 Å². The van der Waals surface area contributed by atoms with E-state index in [1.54, 1.807) is 22.7 Å². The van der Waals surface area contributed by atoms with Gasteiger partial charge in [0.25, 0.3) is 0 Å². The van der Waals surface area contributed by atoms with Crippen LogP contribution in [-0.4, -0.2) is 52.6 Å². The number of aromatic nitrogens is 2. The maximum atomic E-state index is 5.87. The molecule has 0 aliphatic heterocycles. The molecule has 0 N–H and O–H groups in total. The summed E-state index contributed by atoms with van der Waals surface area (Å²) in [5.74, 6) is 0. The zero-order valence-electron chi connectivity index (χ0n) is 28.4. The Labute approximate surface area is 316 Å². The molecule has 17 heteroatoms. The van der Waals surface area contributed by atoms with Crippen molar-refractivity contribution in [2.75, 3.05) is 62.4 Å². The van der Waals surface area contributed by atoms with Crippen LogP contribution >= 0.6 is 61.4 Å². The van der Waals surface area contributed by atoms with Gasteiger partial charge in [0.1, 0.15) is 23.8 Å². The third-order valence-corrected chi connectivity index (χ3v) is 8.65. The van der Waals surface area contributed by atoms with E-state index in [2.05, 4.69) is 91.4 Å². The fourth-order valence-corrected chi connectivity index (χ4v) is 5.99. The van der Waals surface area contributed by atoms with Crippen LogP contribution in [0.4, 0.5) is 33.0 Å². The predicted molar refractivity (Wildman–Crippen MR) is 202 cm³/mol. The summed E-state index contributed by atoms with van der Waals surface area (Å²) in [4.78, 5) is 4.59. The molecule has 0 aliphatic carbocycles. The van der Waals surface area contributed by atoms with Crippen LogP contribution in [0.3, 0.4) is 0 Å². The summed E-state index contributed by atoms with van der Waals surface area (Å²) < 4.78 is 15.9. The summed E-state index contributed by atoms with van der Waals surface area (Å²) in [6.45, 7) is 16.1. The summed E-state index contributed by atoms with van der Waals surface area (Å²) in [6.07, 6.45) is 4.06. The normalized spacial score (nSPS) is 11.7. The minimum absolute atomic E-state index is 0.575. The Morgan fingerprint density at radius 2 is 0.959 bits per heavy atom. The van der Waals surface area contributed by atoms with Crippen LogP contribution in [-0.2, 0) is 33.4 Å². The van der Waals surface area contributed by atoms with Gasteiger partial charge < -0.3 is 19.3 Å². The first kappa shape index (κ1) is 41.6. The molecule has 0 unspecified atom stereocenters. The van der Waals surface area contributed by atoms with Gasteiger partial charge >= 0.3 is 59.8 Å². The zero-order valence-corrected chi connectivity index (χ0v) is 36.1. The molecule has 10 nitrogen and oxygen atoms in total. The summed E-state index contributed by atoms with van der Waals surface area (Å²) in [6, 6.07) is 16.4. The first-order valence-electron chi connectivity index (χ1n) is 16.3. The average Bonchev–Trinajstić information content (AvgIpc) is 3.76. The van der Waals surface area contributed by atoms with Crippen LogP contribution in [0.2, 0.25) is 0 Å². The molecule has 0 aliphatic rings. The Bertz CT molecular complexity index is 1440. The van der Waals surface area contributed by atoms with Crippen LogP contribution in [0.15, 0.2) is 92.1 Å². The van der Waals surface area contributed by atoms with Gasteiger partial charge in [-0.25, -0.2) is 9.13 Å². The van der Waals surface area contributed by atoms with E-state index in [0.29, 0.717) is 26.4 Å². The van der Waals surface area contributed by atoms with Crippen molar-refractivity contribution >= 4 is 94.5 Å². The second-order valence-electron chi connectivity index (χ2n) is 10.4. The Morgan fingerprint density at radius 3 is 1.29 bits per heavy atom.